The lowest BCUT2D eigenvalue weighted by atomic mass is 9.62. The highest BCUT2D eigenvalue weighted by Gasteiger charge is 2.44. The van der Waals surface area contributed by atoms with E-state index in [1.807, 2.05) is 6.07 Å². The highest BCUT2D eigenvalue weighted by molar-refractivity contribution is 7.14. The Morgan fingerprint density at radius 2 is 1.67 bits per heavy atom. The molecule has 1 N–H and O–H groups in total. The first kappa shape index (κ1) is 18.4. The fourth-order valence-electron chi connectivity index (χ4n) is 4.41. The van der Waals surface area contributed by atoms with Crippen LogP contribution in [-0.2, 0) is 16.2 Å². The minimum Gasteiger partial charge on any atom is -0.492 e. The third-order valence-corrected chi connectivity index (χ3v) is 7.60. The summed E-state index contributed by atoms with van der Waals surface area (Å²) < 4.78 is 11.0. The maximum atomic E-state index is 10.8. The molecular weight excluding hydrogens is 360 g/mol. The van der Waals surface area contributed by atoms with E-state index >= 15 is 0 Å². The highest BCUT2D eigenvalue weighted by atomic mass is 32.1. The monoisotopic (exact) mass is 386 g/mol. The van der Waals surface area contributed by atoms with Crippen molar-refractivity contribution < 1.29 is 19.4 Å². The number of benzene rings is 1. The van der Waals surface area contributed by atoms with E-state index in [1.165, 1.54) is 40.9 Å². The Bertz CT molecular complexity index is 924. The van der Waals surface area contributed by atoms with E-state index in [9.17, 15) is 4.79 Å². The van der Waals surface area contributed by atoms with Crippen LogP contribution in [0.1, 0.15) is 69.0 Å². The van der Waals surface area contributed by atoms with Crippen molar-refractivity contribution in [1.82, 2.24) is 0 Å². The fraction of sp³-hybridized carbons (Fsp3) is 0.500. The van der Waals surface area contributed by atoms with E-state index in [0.29, 0.717) is 11.7 Å². The van der Waals surface area contributed by atoms with Gasteiger partial charge in [-0.1, -0.05) is 33.8 Å². The molecule has 0 saturated carbocycles. The third-order valence-electron chi connectivity index (χ3n) is 6.38. The molecule has 2 heterocycles. The van der Waals surface area contributed by atoms with Crippen molar-refractivity contribution in [3.8, 4) is 10.8 Å². The molecule has 1 aliphatic heterocycles. The second-order valence-electron chi connectivity index (χ2n) is 9.27. The number of fused-ring (bicyclic) bond motifs is 2. The SMILES string of the molecule is CC1(C)CCC(C)(C)c2cc3c(cc21)OCC3(C)c1ccc(OC(=O)O)s1. The Morgan fingerprint density at radius 1 is 1.04 bits per heavy atom. The largest absolute Gasteiger partial charge is 0.512 e. The lowest BCUT2D eigenvalue weighted by Gasteiger charge is -2.42. The maximum Gasteiger partial charge on any atom is 0.512 e. The van der Waals surface area contributed by atoms with E-state index in [1.54, 1.807) is 6.07 Å². The van der Waals surface area contributed by atoms with Crippen LogP contribution in [0.5, 0.6) is 10.8 Å². The van der Waals surface area contributed by atoms with Gasteiger partial charge in [-0.2, -0.15) is 0 Å². The molecule has 2 aromatic rings. The summed E-state index contributed by atoms with van der Waals surface area (Å²) in [5.74, 6) is 0.955. The number of carbonyl (C=O) groups is 1. The van der Waals surface area contributed by atoms with Gasteiger partial charge in [-0.25, -0.2) is 4.79 Å². The Balaban J connectivity index is 1.82. The highest BCUT2D eigenvalue weighted by Crippen LogP contribution is 2.53. The Hall–Kier alpha value is -2.01. The predicted octanol–water partition coefficient (Wildman–Crippen LogP) is 5.85. The fourth-order valence-corrected chi connectivity index (χ4v) is 5.40. The molecule has 1 unspecified atom stereocenters. The molecular formula is C22H26O4S. The second kappa shape index (κ2) is 5.74. The molecule has 0 spiro atoms. The molecule has 5 heteroatoms. The van der Waals surface area contributed by atoms with Crippen LogP contribution >= 0.6 is 11.3 Å². The molecule has 4 nitrogen and oxygen atoms in total. The van der Waals surface area contributed by atoms with Crippen LogP contribution in [0, 0.1) is 0 Å². The number of rotatable bonds is 2. The van der Waals surface area contributed by atoms with E-state index < -0.39 is 6.16 Å². The predicted molar refractivity (Wildman–Crippen MR) is 107 cm³/mol. The van der Waals surface area contributed by atoms with Gasteiger partial charge in [-0.3, -0.25) is 0 Å². The molecule has 0 fully saturated rings. The summed E-state index contributed by atoms with van der Waals surface area (Å²) in [6.45, 7) is 12.0. The molecule has 144 valence electrons. The molecule has 4 rings (SSSR count). The van der Waals surface area contributed by atoms with Crippen LogP contribution in [0.4, 0.5) is 4.79 Å². The third kappa shape index (κ3) is 2.83. The maximum absolute atomic E-state index is 10.8. The molecule has 27 heavy (non-hydrogen) atoms. The van der Waals surface area contributed by atoms with Crippen molar-refractivity contribution in [2.24, 2.45) is 0 Å². The molecule has 1 atom stereocenters. The average Bonchev–Trinajstić information content (AvgIpc) is 3.17. The lowest BCUT2D eigenvalue weighted by Crippen LogP contribution is -2.34. The first-order valence-electron chi connectivity index (χ1n) is 9.36. The van der Waals surface area contributed by atoms with Gasteiger partial charge in [0.2, 0.25) is 0 Å². The van der Waals surface area contributed by atoms with Crippen molar-refractivity contribution in [2.45, 2.75) is 63.7 Å². The zero-order valence-corrected chi connectivity index (χ0v) is 17.3. The minimum absolute atomic E-state index is 0.135. The number of hydrogen-bond acceptors (Lipinski definition) is 4. The molecule has 0 amide bonds. The lowest BCUT2D eigenvalue weighted by molar-refractivity contribution is 0.146. The van der Waals surface area contributed by atoms with Gasteiger partial charge >= 0.3 is 6.16 Å². The molecule has 1 aromatic carbocycles. The quantitative estimate of drug-likeness (QED) is 0.658. The number of ether oxygens (including phenoxy) is 2. The van der Waals surface area contributed by atoms with Crippen LogP contribution < -0.4 is 9.47 Å². The van der Waals surface area contributed by atoms with E-state index in [2.05, 4.69) is 46.8 Å². The Kier molecular flexibility index (Phi) is 3.90. The van der Waals surface area contributed by atoms with E-state index in [0.717, 1.165) is 10.6 Å². The summed E-state index contributed by atoms with van der Waals surface area (Å²) in [7, 11) is 0. The van der Waals surface area contributed by atoms with Gasteiger partial charge in [-0.05, 0) is 59.9 Å². The normalized spacial score (nSPS) is 24.6. The van der Waals surface area contributed by atoms with Gasteiger partial charge in [-0.15, -0.1) is 11.3 Å². The number of thiophene rings is 1. The number of hydrogen-bond donors (Lipinski definition) is 1. The van der Waals surface area contributed by atoms with Gasteiger partial charge in [0.25, 0.3) is 0 Å². The Labute approximate surface area is 164 Å². The van der Waals surface area contributed by atoms with Crippen LogP contribution in [0.25, 0.3) is 0 Å². The summed E-state index contributed by atoms with van der Waals surface area (Å²) in [5.41, 5.74) is 3.98. The van der Waals surface area contributed by atoms with E-state index in [-0.39, 0.29) is 16.2 Å². The van der Waals surface area contributed by atoms with Crippen molar-refractivity contribution in [3.63, 3.8) is 0 Å². The van der Waals surface area contributed by atoms with Gasteiger partial charge < -0.3 is 14.6 Å². The number of carboxylic acid groups (broad SMARTS) is 1. The van der Waals surface area contributed by atoms with Gasteiger partial charge in [0, 0.05) is 10.4 Å². The van der Waals surface area contributed by atoms with Crippen LogP contribution in [-0.4, -0.2) is 17.9 Å². The van der Waals surface area contributed by atoms with Crippen LogP contribution in [0.3, 0.4) is 0 Å². The van der Waals surface area contributed by atoms with Gasteiger partial charge in [0.05, 0.1) is 5.41 Å². The van der Waals surface area contributed by atoms with Crippen LogP contribution in [0.2, 0.25) is 0 Å². The van der Waals surface area contributed by atoms with Crippen molar-refractivity contribution >= 4 is 17.5 Å². The molecule has 2 aliphatic rings. The summed E-state index contributed by atoms with van der Waals surface area (Å²) in [4.78, 5) is 11.9. The average molecular weight is 387 g/mol. The van der Waals surface area contributed by atoms with Crippen LogP contribution in [0.15, 0.2) is 24.3 Å². The zero-order chi connectivity index (χ0) is 19.6. The summed E-state index contributed by atoms with van der Waals surface area (Å²) in [6.07, 6.45) is 1.05. The molecule has 0 saturated heterocycles. The van der Waals surface area contributed by atoms with Crippen molar-refractivity contribution in [2.75, 3.05) is 6.61 Å². The minimum atomic E-state index is -1.28. The van der Waals surface area contributed by atoms with Crippen molar-refractivity contribution in [1.29, 1.82) is 0 Å². The second-order valence-corrected chi connectivity index (χ2v) is 10.3. The van der Waals surface area contributed by atoms with Gasteiger partial charge in [0.15, 0.2) is 5.06 Å². The zero-order valence-electron chi connectivity index (χ0n) is 16.5. The molecule has 1 aromatic heterocycles. The first-order chi connectivity index (χ1) is 12.5. The molecule has 1 aliphatic carbocycles. The smallest absolute Gasteiger partial charge is 0.492 e. The molecule has 0 radical (unpaired) electrons. The summed E-state index contributed by atoms with van der Waals surface area (Å²) in [5, 5.41) is 9.26. The Morgan fingerprint density at radius 3 is 2.30 bits per heavy atom. The standard InChI is InChI=1S/C22H26O4S/c1-20(2)8-9-21(3,4)14-11-16-15(10-13(14)20)22(5,12-25-16)17-6-7-18(27-17)26-19(23)24/h6-7,10-11H,8-9,12H2,1-5H3,(H,23,24). The topological polar surface area (TPSA) is 55.8 Å². The molecule has 0 bridgehead atoms. The van der Waals surface area contributed by atoms with E-state index in [4.69, 9.17) is 14.6 Å². The van der Waals surface area contributed by atoms with Crippen molar-refractivity contribution in [3.05, 3.63) is 45.8 Å². The van der Waals surface area contributed by atoms with Gasteiger partial charge in [0.1, 0.15) is 12.4 Å². The summed E-state index contributed by atoms with van der Waals surface area (Å²) in [6, 6.07) is 8.27. The summed E-state index contributed by atoms with van der Waals surface area (Å²) >= 11 is 1.37. The first-order valence-corrected chi connectivity index (χ1v) is 10.2.